The van der Waals surface area contributed by atoms with Crippen LogP contribution in [0.5, 0.6) is 11.5 Å². The number of carboxylic acids is 1. The first-order valence-corrected chi connectivity index (χ1v) is 18.4. The normalized spacial score (nSPS) is 20.3. The maximum absolute atomic E-state index is 12.1. The Morgan fingerprint density at radius 1 is 1.15 bits per heavy atom. The Bertz CT molecular complexity index is 1790. The third-order valence-corrected chi connectivity index (χ3v) is 10.3. The molecule has 2 aromatic carbocycles. The monoisotopic (exact) mass is 744 g/mol. The van der Waals surface area contributed by atoms with E-state index in [-0.39, 0.29) is 26.4 Å². The molecule has 0 spiro atoms. The van der Waals surface area contributed by atoms with E-state index in [1.54, 1.807) is 24.4 Å². The summed E-state index contributed by atoms with van der Waals surface area (Å²) in [7, 11) is 0. The lowest BCUT2D eigenvalue weighted by Gasteiger charge is -2.47. The van der Waals surface area contributed by atoms with E-state index < -0.39 is 29.1 Å². The van der Waals surface area contributed by atoms with Crippen LogP contribution in [0.1, 0.15) is 61.8 Å². The van der Waals surface area contributed by atoms with Gasteiger partial charge in [-0.1, -0.05) is 74.4 Å². The second-order valence-electron chi connectivity index (χ2n) is 14.0. The van der Waals surface area contributed by atoms with Gasteiger partial charge < -0.3 is 34.8 Å². The van der Waals surface area contributed by atoms with Gasteiger partial charge in [0, 0.05) is 54.7 Å². The summed E-state index contributed by atoms with van der Waals surface area (Å²) in [6.45, 7) is 6.40. The molecule has 4 N–H and O–H groups in total. The molecule has 1 saturated heterocycles. The molecule has 53 heavy (non-hydrogen) atoms. The van der Waals surface area contributed by atoms with E-state index in [1.165, 1.54) is 6.20 Å². The Balaban J connectivity index is 1.43. The number of aliphatic hydroxyl groups is 2. The van der Waals surface area contributed by atoms with Crippen molar-refractivity contribution >= 4 is 23.1 Å². The number of aliphatic hydroxyl groups excluding tert-OH is 2. The molecule has 2 aliphatic rings. The molecule has 1 fully saturated rings. The first-order chi connectivity index (χ1) is 25.6. The summed E-state index contributed by atoms with van der Waals surface area (Å²) in [6.07, 6.45) is 11.4. The molecule has 2 heterocycles. The second-order valence-corrected chi connectivity index (χ2v) is 14.5. The molecule has 282 valence electrons. The van der Waals surface area contributed by atoms with Crippen LogP contribution in [0, 0.1) is 16.7 Å². The molecule has 11 nitrogen and oxygen atoms in total. The lowest BCUT2D eigenvalue weighted by Crippen LogP contribution is -2.52. The molecule has 1 aliphatic heterocycles. The van der Waals surface area contributed by atoms with Crippen LogP contribution >= 0.6 is 11.6 Å². The van der Waals surface area contributed by atoms with Gasteiger partial charge in [-0.15, -0.1) is 0 Å². The third kappa shape index (κ3) is 10.0. The number of halogens is 1. The van der Waals surface area contributed by atoms with Gasteiger partial charge in [-0.25, -0.2) is 0 Å². The van der Waals surface area contributed by atoms with E-state index in [4.69, 9.17) is 30.9 Å². The molecule has 0 radical (unpaired) electrons. The molecule has 1 aliphatic carbocycles. The minimum atomic E-state index is -0.924. The number of aromatic nitrogens is 1. The number of nitrogens with one attached hydrogen (secondary N) is 1. The smallest absolute Gasteiger partial charge is 0.320 e. The molecule has 1 aromatic heterocycles. The highest BCUT2D eigenvalue weighted by Crippen LogP contribution is 2.49. The van der Waals surface area contributed by atoms with Gasteiger partial charge in [0.1, 0.15) is 42.4 Å². The Morgan fingerprint density at radius 3 is 2.72 bits per heavy atom. The summed E-state index contributed by atoms with van der Waals surface area (Å²) < 4.78 is 19.7. The topological polar surface area (TPSA) is 157 Å². The summed E-state index contributed by atoms with van der Waals surface area (Å²) >= 11 is 6.95. The molecule has 12 heteroatoms. The van der Waals surface area contributed by atoms with Crippen molar-refractivity contribution < 1.29 is 34.3 Å². The summed E-state index contributed by atoms with van der Waals surface area (Å²) in [4.78, 5) is 18.2. The molecular formula is C41H49ClN4O7. The van der Waals surface area contributed by atoms with E-state index in [1.807, 2.05) is 35.3 Å². The predicted octanol–water partition coefficient (Wildman–Crippen LogP) is 5.77. The number of aliphatic carboxylic acids is 1. The van der Waals surface area contributed by atoms with E-state index in [0.717, 1.165) is 29.5 Å². The maximum atomic E-state index is 12.1. The van der Waals surface area contributed by atoms with E-state index in [0.29, 0.717) is 66.7 Å². The van der Waals surface area contributed by atoms with Crippen LogP contribution in [0.2, 0.25) is 5.02 Å². The second kappa shape index (κ2) is 18.7. The Morgan fingerprint density at radius 2 is 1.96 bits per heavy atom. The average molecular weight is 745 g/mol. The number of likely N-dealkylation sites (tertiary alicyclic amines) is 1. The van der Waals surface area contributed by atoms with Crippen LogP contribution in [-0.2, 0) is 22.7 Å². The van der Waals surface area contributed by atoms with E-state index in [2.05, 4.69) is 48.4 Å². The first-order valence-electron chi connectivity index (χ1n) is 18.0. The number of carbonyl (C=O) groups is 1. The molecule has 0 amide bonds. The molecule has 0 saturated carbocycles. The van der Waals surface area contributed by atoms with Crippen molar-refractivity contribution in [1.82, 2.24) is 15.2 Å². The van der Waals surface area contributed by atoms with Gasteiger partial charge in [0.05, 0.1) is 23.3 Å². The number of piperidine rings is 1. The highest BCUT2D eigenvalue weighted by Gasteiger charge is 2.49. The fourth-order valence-corrected chi connectivity index (χ4v) is 7.14. The fourth-order valence-electron chi connectivity index (χ4n) is 6.90. The van der Waals surface area contributed by atoms with Crippen LogP contribution in [-0.4, -0.2) is 88.4 Å². The maximum Gasteiger partial charge on any atom is 0.320 e. The molecule has 5 rings (SSSR count). The number of benzene rings is 2. The number of allylic oxidation sites excluding steroid dienone is 2. The van der Waals surface area contributed by atoms with Gasteiger partial charge >= 0.3 is 5.97 Å². The quantitative estimate of drug-likeness (QED) is 0.117. The highest BCUT2D eigenvalue weighted by molar-refractivity contribution is 6.32. The molecule has 3 aromatic rings. The van der Waals surface area contributed by atoms with Crippen molar-refractivity contribution in [2.45, 2.75) is 70.4 Å². The van der Waals surface area contributed by atoms with Crippen molar-refractivity contribution in [3.63, 3.8) is 0 Å². The van der Waals surface area contributed by atoms with Crippen LogP contribution in [0.25, 0.3) is 5.57 Å². The van der Waals surface area contributed by atoms with Crippen molar-refractivity contribution in [2.24, 2.45) is 5.41 Å². The van der Waals surface area contributed by atoms with Gasteiger partial charge in [0.2, 0.25) is 0 Å². The SMILES string of the molecule is CC1(C)C(c2ccccc2)=CC=CC1(COc1cc(OCc2cncc(C#N)c2)c(CN2CCCC[C@H]2C(=O)O)cc1Cl)OCCCNCC(O)CO. The van der Waals surface area contributed by atoms with E-state index >= 15 is 0 Å². The molecule has 2 unspecified atom stereocenters. The number of pyridine rings is 1. The molecular weight excluding hydrogens is 696 g/mol. The van der Waals surface area contributed by atoms with Gasteiger partial charge in [-0.05, 0) is 61.7 Å². The highest BCUT2D eigenvalue weighted by atomic mass is 35.5. The van der Waals surface area contributed by atoms with E-state index in [9.17, 15) is 20.3 Å². The van der Waals surface area contributed by atoms with Gasteiger partial charge in [-0.2, -0.15) is 5.26 Å². The minimum absolute atomic E-state index is 0.108. The number of rotatable bonds is 18. The Hall–Kier alpha value is -4.28. The zero-order valence-electron chi connectivity index (χ0n) is 30.3. The Kier molecular flexibility index (Phi) is 14.1. The van der Waals surface area contributed by atoms with Gasteiger partial charge in [0.25, 0.3) is 0 Å². The fraction of sp³-hybridized carbons (Fsp3) is 0.439. The summed E-state index contributed by atoms with van der Waals surface area (Å²) in [5.74, 6) is 0.00908. The largest absolute Gasteiger partial charge is 0.488 e. The van der Waals surface area contributed by atoms with Crippen molar-refractivity contribution in [3.05, 3.63) is 106 Å². The number of hydrogen-bond donors (Lipinski definition) is 4. The Labute approximate surface area is 316 Å². The minimum Gasteiger partial charge on any atom is -0.488 e. The van der Waals surface area contributed by atoms with Crippen molar-refractivity contribution in [2.75, 3.05) is 39.5 Å². The molecule has 3 atom stereocenters. The zero-order chi connectivity index (χ0) is 37.8. The summed E-state index contributed by atoms with van der Waals surface area (Å²) in [5, 5.41) is 41.7. The predicted molar refractivity (Wildman–Crippen MR) is 203 cm³/mol. The molecule has 0 bridgehead atoms. The van der Waals surface area contributed by atoms with Crippen LogP contribution in [0.15, 0.2) is 79.2 Å². The third-order valence-electron chi connectivity index (χ3n) is 10.0. The number of carboxylic acid groups (broad SMARTS) is 1. The standard InChI is InChI=1S/C41H49ClN4O7/c1-40(2)34(31-10-4-3-5-11-31)12-8-14-41(40,53-17-9-15-44-24-33(48)26-47)28-52-38-20-37(51-27-30-18-29(21-43)22-45-23-30)32(19-35(38)42)25-46-16-7-6-13-36(46)39(49)50/h3-5,8,10-12,14,18-20,22-23,33,36,44,47-48H,6-7,9,13,15-17,24-28H2,1-2H3,(H,49,50)/t33?,36-,41?/m0/s1. The summed E-state index contributed by atoms with van der Waals surface area (Å²) in [5.41, 5.74) is 2.51. The lowest BCUT2D eigenvalue weighted by atomic mass is 9.65. The van der Waals surface area contributed by atoms with Crippen LogP contribution < -0.4 is 14.8 Å². The lowest BCUT2D eigenvalue weighted by molar-refractivity contribution is -0.144. The number of nitriles is 1. The van der Waals surface area contributed by atoms with Crippen LogP contribution in [0.3, 0.4) is 0 Å². The van der Waals surface area contributed by atoms with Gasteiger partial charge in [0.15, 0.2) is 0 Å². The van der Waals surface area contributed by atoms with Crippen LogP contribution in [0.4, 0.5) is 0 Å². The number of ether oxygens (including phenoxy) is 3. The van der Waals surface area contributed by atoms with Crippen molar-refractivity contribution in [3.8, 4) is 17.6 Å². The average Bonchev–Trinajstić information content (AvgIpc) is 3.16. The van der Waals surface area contributed by atoms with Gasteiger partial charge in [-0.3, -0.25) is 14.7 Å². The number of hydrogen-bond acceptors (Lipinski definition) is 10. The van der Waals surface area contributed by atoms with Crippen molar-refractivity contribution in [1.29, 1.82) is 5.26 Å². The summed E-state index contributed by atoms with van der Waals surface area (Å²) in [6, 6.07) is 16.9. The number of nitrogens with zero attached hydrogens (tertiary/aromatic N) is 3. The zero-order valence-corrected chi connectivity index (χ0v) is 31.1. The first kappa shape index (κ1) is 39.9.